The summed E-state index contributed by atoms with van der Waals surface area (Å²) in [6, 6.07) is 11.2. The van der Waals surface area contributed by atoms with E-state index in [9.17, 15) is 0 Å². The standard InChI is InChI=1S/C18H27N3/c1-18(15-19,20-2)11-5-6-12-21-13-9-16-7-3-4-8-17(16)10-14-21/h3-4,7-8,20H,5-6,9-14H2,1-2H3. The molecule has 114 valence electrons. The lowest BCUT2D eigenvalue weighted by atomic mass is 9.97. The van der Waals surface area contributed by atoms with Gasteiger partial charge < -0.3 is 10.2 Å². The van der Waals surface area contributed by atoms with Gasteiger partial charge in [0.1, 0.15) is 5.54 Å². The van der Waals surface area contributed by atoms with Crippen molar-refractivity contribution in [2.75, 3.05) is 26.7 Å². The van der Waals surface area contributed by atoms with E-state index in [1.807, 2.05) is 14.0 Å². The second kappa shape index (κ2) is 7.59. The normalized spacial score (nSPS) is 18.3. The monoisotopic (exact) mass is 285 g/mol. The molecule has 0 amide bonds. The van der Waals surface area contributed by atoms with Crippen molar-refractivity contribution in [1.82, 2.24) is 10.2 Å². The van der Waals surface area contributed by atoms with E-state index in [-0.39, 0.29) is 5.54 Å². The fraction of sp³-hybridized carbons (Fsp3) is 0.611. The van der Waals surface area contributed by atoms with Crippen molar-refractivity contribution in [2.45, 2.75) is 44.6 Å². The molecule has 1 aliphatic rings. The van der Waals surface area contributed by atoms with Gasteiger partial charge in [0.2, 0.25) is 0 Å². The van der Waals surface area contributed by atoms with Crippen LogP contribution in [0.1, 0.15) is 37.3 Å². The van der Waals surface area contributed by atoms with Crippen LogP contribution < -0.4 is 5.32 Å². The molecule has 0 radical (unpaired) electrons. The van der Waals surface area contributed by atoms with Crippen LogP contribution in [0.25, 0.3) is 0 Å². The van der Waals surface area contributed by atoms with Crippen LogP contribution in [0.3, 0.4) is 0 Å². The summed E-state index contributed by atoms with van der Waals surface area (Å²) in [7, 11) is 1.87. The second-order valence-electron chi connectivity index (χ2n) is 6.26. The number of benzene rings is 1. The third-order valence-electron chi connectivity index (χ3n) is 4.71. The van der Waals surface area contributed by atoms with Gasteiger partial charge >= 0.3 is 0 Å². The number of nitrogens with one attached hydrogen (secondary N) is 1. The molecule has 0 aliphatic carbocycles. The Balaban J connectivity index is 1.73. The molecule has 0 aromatic heterocycles. The van der Waals surface area contributed by atoms with Gasteiger partial charge in [-0.3, -0.25) is 0 Å². The molecular weight excluding hydrogens is 258 g/mol. The number of fused-ring (bicyclic) bond motifs is 1. The molecule has 1 aromatic carbocycles. The molecule has 0 saturated carbocycles. The van der Waals surface area contributed by atoms with Gasteiger partial charge in [-0.05, 0) is 63.7 Å². The highest BCUT2D eigenvalue weighted by molar-refractivity contribution is 5.28. The Morgan fingerprint density at radius 2 is 1.81 bits per heavy atom. The molecule has 1 unspecified atom stereocenters. The predicted molar refractivity (Wildman–Crippen MR) is 87.2 cm³/mol. The lowest BCUT2D eigenvalue weighted by Crippen LogP contribution is -2.38. The van der Waals surface area contributed by atoms with E-state index in [4.69, 9.17) is 5.26 Å². The average Bonchev–Trinajstić information content (AvgIpc) is 2.74. The Bertz CT molecular complexity index is 464. The molecule has 1 heterocycles. The summed E-state index contributed by atoms with van der Waals surface area (Å²) in [5, 5.41) is 12.3. The average molecular weight is 285 g/mol. The topological polar surface area (TPSA) is 39.1 Å². The van der Waals surface area contributed by atoms with Gasteiger partial charge in [-0.1, -0.05) is 24.3 Å². The van der Waals surface area contributed by atoms with Gasteiger partial charge in [0.15, 0.2) is 0 Å². The predicted octanol–water partition coefficient (Wildman–Crippen LogP) is 2.76. The summed E-state index contributed by atoms with van der Waals surface area (Å²) in [5.74, 6) is 0. The SMILES string of the molecule is CNC(C)(C#N)CCCCN1CCc2ccccc2CC1. The highest BCUT2D eigenvalue weighted by Crippen LogP contribution is 2.17. The van der Waals surface area contributed by atoms with Crippen molar-refractivity contribution in [2.24, 2.45) is 0 Å². The van der Waals surface area contributed by atoms with Crippen LogP contribution in [0, 0.1) is 11.3 Å². The second-order valence-corrected chi connectivity index (χ2v) is 6.26. The van der Waals surface area contributed by atoms with Crippen LogP contribution in [-0.4, -0.2) is 37.1 Å². The van der Waals surface area contributed by atoms with Crippen molar-refractivity contribution in [3.8, 4) is 6.07 Å². The molecular formula is C18H27N3. The molecule has 3 nitrogen and oxygen atoms in total. The minimum Gasteiger partial charge on any atom is -0.303 e. The zero-order valence-electron chi connectivity index (χ0n) is 13.4. The van der Waals surface area contributed by atoms with Gasteiger partial charge in [0.25, 0.3) is 0 Å². The molecule has 0 saturated heterocycles. The molecule has 1 atom stereocenters. The fourth-order valence-corrected chi connectivity index (χ4v) is 2.99. The number of nitriles is 1. The van der Waals surface area contributed by atoms with Gasteiger partial charge in [-0.25, -0.2) is 0 Å². The van der Waals surface area contributed by atoms with Crippen LogP contribution in [0.2, 0.25) is 0 Å². The van der Waals surface area contributed by atoms with Crippen molar-refractivity contribution >= 4 is 0 Å². The lowest BCUT2D eigenvalue weighted by Gasteiger charge is -2.22. The quantitative estimate of drug-likeness (QED) is 0.817. The summed E-state index contributed by atoms with van der Waals surface area (Å²) >= 11 is 0. The largest absolute Gasteiger partial charge is 0.303 e. The van der Waals surface area contributed by atoms with Gasteiger partial charge in [-0.15, -0.1) is 0 Å². The molecule has 1 aliphatic heterocycles. The maximum absolute atomic E-state index is 9.15. The summed E-state index contributed by atoms with van der Waals surface area (Å²) in [6.45, 7) is 5.46. The minimum absolute atomic E-state index is 0.366. The molecule has 1 aromatic rings. The Morgan fingerprint density at radius 1 is 1.19 bits per heavy atom. The smallest absolute Gasteiger partial charge is 0.103 e. The highest BCUT2D eigenvalue weighted by Gasteiger charge is 2.20. The third-order valence-corrected chi connectivity index (χ3v) is 4.71. The lowest BCUT2D eigenvalue weighted by molar-refractivity contribution is 0.275. The maximum Gasteiger partial charge on any atom is 0.103 e. The molecule has 3 heteroatoms. The van der Waals surface area contributed by atoms with Crippen molar-refractivity contribution < 1.29 is 0 Å². The number of unbranched alkanes of at least 4 members (excludes halogenated alkanes) is 1. The molecule has 2 rings (SSSR count). The van der Waals surface area contributed by atoms with E-state index in [0.717, 1.165) is 19.4 Å². The molecule has 1 N–H and O–H groups in total. The van der Waals surface area contributed by atoms with E-state index in [1.165, 1.54) is 43.5 Å². The van der Waals surface area contributed by atoms with E-state index in [2.05, 4.69) is 40.6 Å². The Labute approximate surface area is 129 Å². The van der Waals surface area contributed by atoms with Crippen LogP contribution >= 0.6 is 0 Å². The van der Waals surface area contributed by atoms with Crippen molar-refractivity contribution in [3.05, 3.63) is 35.4 Å². The molecule has 0 spiro atoms. The van der Waals surface area contributed by atoms with Crippen molar-refractivity contribution in [3.63, 3.8) is 0 Å². The number of hydrogen-bond donors (Lipinski definition) is 1. The van der Waals surface area contributed by atoms with E-state index < -0.39 is 0 Å². The van der Waals surface area contributed by atoms with Crippen LogP contribution in [0.4, 0.5) is 0 Å². The first-order valence-electron chi connectivity index (χ1n) is 8.06. The first-order chi connectivity index (χ1) is 10.2. The van der Waals surface area contributed by atoms with Crippen LogP contribution in [0.5, 0.6) is 0 Å². The van der Waals surface area contributed by atoms with E-state index >= 15 is 0 Å². The van der Waals surface area contributed by atoms with Gasteiger partial charge in [-0.2, -0.15) is 5.26 Å². The Morgan fingerprint density at radius 3 is 2.33 bits per heavy atom. The number of nitrogens with zero attached hydrogens (tertiary/aromatic N) is 2. The van der Waals surface area contributed by atoms with Crippen LogP contribution in [-0.2, 0) is 12.8 Å². The molecule has 21 heavy (non-hydrogen) atoms. The number of hydrogen-bond acceptors (Lipinski definition) is 3. The number of rotatable bonds is 6. The fourth-order valence-electron chi connectivity index (χ4n) is 2.99. The Kier molecular flexibility index (Phi) is 5.78. The Hall–Kier alpha value is -1.37. The summed E-state index contributed by atoms with van der Waals surface area (Å²) in [5.41, 5.74) is 2.68. The molecule has 0 bridgehead atoms. The summed E-state index contributed by atoms with van der Waals surface area (Å²) in [6.07, 6.45) is 5.54. The molecule has 0 fully saturated rings. The van der Waals surface area contributed by atoms with Crippen LogP contribution in [0.15, 0.2) is 24.3 Å². The zero-order chi connectivity index (χ0) is 15.1. The van der Waals surface area contributed by atoms with E-state index in [0.29, 0.717) is 0 Å². The van der Waals surface area contributed by atoms with Crippen molar-refractivity contribution in [1.29, 1.82) is 5.26 Å². The van der Waals surface area contributed by atoms with Gasteiger partial charge in [0.05, 0.1) is 6.07 Å². The highest BCUT2D eigenvalue weighted by atomic mass is 15.1. The zero-order valence-corrected chi connectivity index (χ0v) is 13.4. The third kappa shape index (κ3) is 4.56. The first-order valence-corrected chi connectivity index (χ1v) is 8.06. The summed E-state index contributed by atoms with van der Waals surface area (Å²) in [4.78, 5) is 2.57. The summed E-state index contributed by atoms with van der Waals surface area (Å²) < 4.78 is 0. The first kappa shape index (κ1) is 16.0. The maximum atomic E-state index is 9.15. The van der Waals surface area contributed by atoms with E-state index in [1.54, 1.807) is 0 Å². The van der Waals surface area contributed by atoms with Gasteiger partial charge in [0, 0.05) is 13.1 Å². The minimum atomic E-state index is -0.366.